The first-order valence-corrected chi connectivity index (χ1v) is 9.56. The molecule has 3 aromatic rings. The second kappa shape index (κ2) is 9.37. The number of halogens is 2. The van der Waals surface area contributed by atoms with Crippen molar-refractivity contribution >= 4 is 17.7 Å². The Morgan fingerprint density at radius 3 is 2.52 bits per heavy atom. The molecule has 29 heavy (non-hydrogen) atoms. The number of hydrogen-bond acceptors (Lipinski definition) is 6. The Morgan fingerprint density at radius 1 is 1.17 bits per heavy atom. The Kier molecular flexibility index (Phi) is 6.65. The number of amides is 1. The first kappa shape index (κ1) is 20.6. The molecule has 7 nitrogen and oxygen atoms in total. The molecule has 0 bridgehead atoms. The zero-order chi connectivity index (χ0) is 20.8. The van der Waals surface area contributed by atoms with Gasteiger partial charge >= 0.3 is 6.61 Å². The van der Waals surface area contributed by atoms with Crippen LogP contribution in [0.2, 0.25) is 0 Å². The minimum Gasteiger partial charge on any atom is -0.435 e. The number of thioether (sulfide) groups is 1. The van der Waals surface area contributed by atoms with Gasteiger partial charge in [0.1, 0.15) is 5.75 Å². The summed E-state index contributed by atoms with van der Waals surface area (Å²) in [5, 5.41) is 10.8. The van der Waals surface area contributed by atoms with Crippen molar-refractivity contribution < 1.29 is 18.3 Å². The maximum Gasteiger partial charge on any atom is 0.387 e. The second-order valence-corrected chi connectivity index (χ2v) is 7.35. The van der Waals surface area contributed by atoms with Crippen LogP contribution in [0.4, 0.5) is 8.78 Å². The zero-order valence-corrected chi connectivity index (χ0v) is 16.3. The summed E-state index contributed by atoms with van der Waals surface area (Å²) in [5.74, 6) is 6.27. The van der Waals surface area contributed by atoms with Gasteiger partial charge in [-0.15, -0.1) is 10.2 Å². The summed E-state index contributed by atoms with van der Waals surface area (Å²) in [6.45, 7) is -0.717. The van der Waals surface area contributed by atoms with Crippen molar-refractivity contribution in [3.8, 4) is 17.1 Å². The molecule has 1 amide bonds. The number of nitrogens with two attached hydrogens (primary N) is 1. The largest absolute Gasteiger partial charge is 0.435 e. The molecule has 0 aliphatic heterocycles. The lowest BCUT2D eigenvalue weighted by molar-refractivity contribution is -0.120. The Morgan fingerprint density at radius 2 is 1.86 bits per heavy atom. The molecule has 0 saturated heterocycles. The first-order valence-electron chi connectivity index (χ1n) is 8.68. The van der Waals surface area contributed by atoms with Gasteiger partial charge in [-0.25, -0.2) is 4.68 Å². The van der Waals surface area contributed by atoms with Crippen molar-refractivity contribution in [2.24, 2.45) is 0 Å². The quantitative estimate of drug-likeness (QED) is 0.430. The highest BCUT2D eigenvalue weighted by Gasteiger charge is 2.20. The van der Waals surface area contributed by atoms with Gasteiger partial charge in [0.15, 0.2) is 5.82 Å². The van der Waals surface area contributed by atoms with Gasteiger partial charge in [0.25, 0.3) is 0 Å². The fourth-order valence-electron chi connectivity index (χ4n) is 2.48. The SMILES string of the molecule is CC(Sc1nnc(-c2ccc(OC(F)F)cc2)n1N)C(=O)NCc1ccccc1. The molecule has 0 fully saturated rings. The molecular weight excluding hydrogens is 400 g/mol. The molecular formula is C19H19F2N5O2S. The average Bonchev–Trinajstić information content (AvgIpc) is 3.07. The number of benzene rings is 2. The summed E-state index contributed by atoms with van der Waals surface area (Å²) < 4.78 is 30.1. The standard InChI is InChI=1S/C19H19F2N5O2S/c1-12(17(27)23-11-13-5-3-2-4-6-13)29-19-25-24-16(26(19)22)14-7-9-15(10-8-14)28-18(20)21/h2-10,12,18H,11,22H2,1H3,(H,23,27). The molecule has 3 N–H and O–H groups in total. The molecule has 1 aromatic heterocycles. The number of carbonyl (C=O) groups excluding carboxylic acids is 1. The van der Waals surface area contributed by atoms with Gasteiger partial charge in [0.05, 0.1) is 5.25 Å². The molecule has 0 radical (unpaired) electrons. The number of nitrogens with zero attached hydrogens (tertiary/aromatic N) is 3. The molecule has 0 spiro atoms. The lowest BCUT2D eigenvalue weighted by atomic mass is 10.2. The summed E-state index contributed by atoms with van der Waals surface area (Å²) in [5.41, 5.74) is 1.58. The fraction of sp³-hybridized carbons (Fsp3) is 0.211. The van der Waals surface area contributed by atoms with E-state index in [1.165, 1.54) is 28.6 Å². The van der Waals surface area contributed by atoms with E-state index in [0.717, 1.165) is 5.56 Å². The number of rotatable bonds is 8. The van der Waals surface area contributed by atoms with E-state index < -0.39 is 11.9 Å². The molecule has 3 rings (SSSR count). The van der Waals surface area contributed by atoms with E-state index >= 15 is 0 Å². The smallest absolute Gasteiger partial charge is 0.387 e. The van der Waals surface area contributed by atoms with E-state index in [1.54, 1.807) is 19.1 Å². The molecule has 10 heteroatoms. The minimum atomic E-state index is -2.89. The van der Waals surface area contributed by atoms with Gasteiger partial charge in [-0.3, -0.25) is 4.79 Å². The third kappa shape index (κ3) is 5.44. The van der Waals surface area contributed by atoms with Gasteiger partial charge in [0.2, 0.25) is 11.1 Å². The van der Waals surface area contributed by atoms with Crippen LogP contribution in [0.1, 0.15) is 12.5 Å². The maximum absolute atomic E-state index is 12.3. The highest BCUT2D eigenvalue weighted by molar-refractivity contribution is 8.00. The predicted molar refractivity (Wildman–Crippen MR) is 106 cm³/mol. The molecule has 0 aliphatic rings. The number of alkyl halides is 2. The Hall–Kier alpha value is -3.14. The topological polar surface area (TPSA) is 95.1 Å². The van der Waals surface area contributed by atoms with E-state index in [1.807, 2.05) is 30.3 Å². The van der Waals surface area contributed by atoms with Crippen LogP contribution >= 0.6 is 11.8 Å². The summed E-state index contributed by atoms with van der Waals surface area (Å²) in [6.07, 6.45) is 0. The predicted octanol–water partition coefficient (Wildman–Crippen LogP) is 3.06. The maximum atomic E-state index is 12.3. The van der Waals surface area contributed by atoms with Crippen LogP contribution in [0.15, 0.2) is 59.8 Å². The molecule has 1 unspecified atom stereocenters. The van der Waals surface area contributed by atoms with Crippen molar-refractivity contribution in [1.29, 1.82) is 0 Å². The van der Waals surface area contributed by atoms with Crippen LogP contribution in [-0.4, -0.2) is 32.6 Å². The highest BCUT2D eigenvalue weighted by Crippen LogP contribution is 2.26. The zero-order valence-electron chi connectivity index (χ0n) is 15.5. The van der Waals surface area contributed by atoms with Crippen molar-refractivity contribution in [2.45, 2.75) is 30.5 Å². The molecule has 1 atom stereocenters. The van der Waals surface area contributed by atoms with Crippen LogP contribution in [-0.2, 0) is 11.3 Å². The van der Waals surface area contributed by atoms with Crippen LogP contribution in [0.5, 0.6) is 5.75 Å². The van der Waals surface area contributed by atoms with E-state index in [4.69, 9.17) is 5.84 Å². The van der Waals surface area contributed by atoms with Crippen molar-refractivity contribution in [1.82, 2.24) is 20.2 Å². The van der Waals surface area contributed by atoms with Crippen molar-refractivity contribution in [3.63, 3.8) is 0 Å². The minimum absolute atomic E-state index is 0.0325. The molecule has 1 heterocycles. The summed E-state index contributed by atoms with van der Waals surface area (Å²) in [7, 11) is 0. The normalized spacial score (nSPS) is 12.0. The van der Waals surface area contributed by atoms with Gasteiger partial charge < -0.3 is 15.9 Å². The molecule has 0 saturated carbocycles. The van der Waals surface area contributed by atoms with E-state index in [9.17, 15) is 13.6 Å². The van der Waals surface area contributed by atoms with E-state index in [2.05, 4.69) is 20.3 Å². The van der Waals surface area contributed by atoms with Gasteiger partial charge in [-0.1, -0.05) is 42.1 Å². The highest BCUT2D eigenvalue weighted by atomic mass is 32.2. The van der Waals surface area contributed by atoms with Crippen LogP contribution in [0.3, 0.4) is 0 Å². The monoisotopic (exact) mass is 419 g/mol. The fourth-order valence-corrected chi connectivity index (χ4v) is 3.27. The van der Waals surface area contributed by atoms with Crippen LogP contribution < -0.4 is 15.9 Å². The van der Waals surface area contributed by atoms with Crippen LogP contribution in [0.25, 0.3) is 11.4 Å². The van der Waals surface area contributed by atoms with Gasteiger partial charge in [-0.05, 0) is 36.8 Å². The first-order chi connectivity index (χ1) is 13.9. The summed E-state index contributed by atoms with van der Waals surface area (Å²) >= 11 is 1.17. The third-order valence-electron chi connectivity index (χ3n) is 3.96. The number of carbonyl (C=O) groups is 1. The van der Waals surface area contributed by atoms with E-state index in [0.29, 0.717) is 23.1 Å². The number of hydrogen-bond donors (Lipinski definition) is 2. The van der Waals surface area contributed by atoms with Gasteiger partial charge in [0, 0.05) is 12.1 Å². The third-order valence-corrected chi connectivity index (χ3v) is 5.02. The average molecular weight is 419 g/mol. The second-order valence-electron chi connectivity index (χ2n) is 6.04. The number of ether oxygens (including phenoxy) is 1. The van der Waals surface area contributed by atoms with Crippen LogP contribution in [0, 0.1) is 0 Å². The van der Waals surface area contributed by atoms with E-state index in [-0.39, 0.29) is 11.7 Å². The Bertz CT molecular complexity index is 951. The lowest BCUT2D eigenvalue weighted by Crippen LogP contribution is -2.30. The lowest BCUT2D eigenvalue weighted by Gasteiger charge is -2.11. The van der Waals surface area contributed by atoms with Gasteiger partial charge in [-0.2, -0.15) is 8.78 Å². The van der Waals surface area contributed by atoms with Crippen molar-refractivity contribution in [3.05, 3.63) is 60.2 Å². The molecule has 0 aliphatic carbocycles. The number of aromatic nitrogens is 3. The van der Waals surface area contributed by atoms with Crippen molar-refractivity contribution in [2.75, 3.05) is 5.84 Å². The summed E-state index contributed by atoms with van der Waals surface area (Å²) in [4.78, 5) is 12.3. The Labute approximate surface area is 170 Å². The molecule has 152 valence electrons. The Balaban J connectivity index is 1.62. The number of nitrogens with one attached hydrogen (secondary N) is 1. The molecule has 2 aromatic carbocycles. The summed E-state index contributed by atoms with van der Waals surface area (Å²) in [6, 6.07) is 15.5. The number of nitrogen functional groups attached to an aromatic ring is 1.